The Balaban J connectivity index is 2.30. The quantitative estimate of drug-likeness (QED) is 0.850. The molecule has 4 nitrogen and oxygen atoms in total. The standard InChI is InChI=1S/C13H16FN3O/c1-13(2,12-16-6-7-17(12)3)18-11-5-4-9(15)8-10(11)14/h4-8H,15H2,1-3H3. The Kier molecular flexibility index (Phi) is 2.98. The number of anilines is 1. The second-order valence-electron chi connectivity index (χ2n) is 4.66. The van der Waals surface area contributed by atoms with Crippen molar-refractivity contribution in [3.8, 4) is 5.75 Å². The molecule has 2 rings (SSSR count). The average Bonchev–Trinajstić information content (AvgIpc) is 2.69. The summed E-state index contributed by atoms with van der Waals surface area (Å²) in [5.74, 6) is 0.410. The predicted molar refractivity (Wildman–Crippen MR) is 67.7 cm³/mol. The van der Waals surface area contributed by atoms with E-state index in [1.54, 1.807) is 12.3 Å². The molecule has 0 saturated heterocycles. The highest BCUT2D eigenvalue weighted by atomic mass is 19.1. The fraction of sp³-hybridized carbons (Fsp3) is 0.308. The van der Waals surface area contributed by atoms with E-state index in [0.717, 1.165) is 5.82 Å². The molecule has 5 heteroatoms. The van der Waals surface area contributed by atoms with Gasteiger partial charge in [0.2, 0.25) is 0 Å². The lowest BCUT2D eigenvalue weighted by Crippen LogP contribution is -2.29. The smallest absolute Gasteiger partial charge is 0.167 e. The molecule has 0 radical (unpaired) electrons. The SMILES string of the molecule is Cn1ccnc1C(C)(C)Oc1ccc(N)cc1F. The van der Waals surface area contributed by atoms with Crippen molar-refractivity contribution in [3.63, 3.8) is 0 Å². The lowest BCUT2D eigenvalue weighted by atomic mass is 10.1. The molecule has 18 heavy (non-hydrogen) atoms. The third-order valence-electron chi connectivity index (χ3n) is 2.68. The minimum Gasteiger partial charge on any atom is -0.477 e. The van der Waals surface area contributed by atoms with Crippen molar-refractivity contribution >= 4 is 5.69 Å². The number of nitrogens with two attached hydrogens (primary N) is 1. The van der Waals surface area contributed by atoms with Gasteiger partial charge in [-0.1, -0.05) is 0 Å². The lowest BCUT2D eigenvalue weighted by molar-refractivity contribution is 0.0898. The zero-order valence-electron chi connectivity index (χ0n) is 10.6. The van der Waals surface area contributed by atoms with Crippen LogP contribution in [-0.4, -0.2) is 9.55 Å². The summed E-state index contributed by atoms with van der Waals surface area (Å²) in [7, 11) is 1.87. The zero-order valence-corrected chi connectivity index (χ0v) is 10.6. The van der Waals surface area contributed by atoms with Gasteiger partial charge in [-0.05, 0) is 26.0 Å². The van der Waals surface area contributed by atoms with Gasteiger partial charge in [-0.2, -0.15) is 0 Å². The molecule has 0 bridgehead atoms. The van der Waals surface area contributed by atoms with Crippen LogP contribution in [0.2, 0.25) is 0 Å². The second kappa shape index (κ2) is 4.33. The monoisotopic (exact) mass is 249 g/mol. The first-order valence-corrected chi connectivity index (χ1v) is 5.62. The molecule has 2 aromatic rings. The van der Waals surface area contributed by atoms with Crippen LogP contribution in [0.1, 0.15) is 19.7 Å². The molecular weight excluding hydrogens is 233 g/mol. The maximum atomic E-state index is 13.7. The summed E-state index contributed by atoms with van der Waals surface area (Å²) in [4.78, 5) is 4.22. The first-order valence-electron chi connectivity index (χ1n) is 5.62. The van der Waals surface area contributed by atoms with Crippen LogP contribution in [0, 0.1) is 5.82 Å². The molecule has 0 fully saturated rings. The molecule has 96 valence electrons. The van der Waals surface area contributed by atoms with Gasteiger partial charge in [-0.25, -0.2) is 9.37 Å². The number of nitrogen functional groups attached to an aromatic ring is 1. The Morgan fingerprint density at radius 1 is 1.39 bits per heavy atom. The highest BCUT2D eigenvalue weighted by molar-refractivity contribution is 5.43. The van der Waals surface area contributed by atoms with Crippen molar-refractivity contribution in [2.45, 2.75) is 19.4 Å². The van der Waals surface area contributed by atoms with E-state index in [1.165, 1.54) is 12.1 Å². The summed E-state index contributed by atoms with van der Waals surface area (Å²) >= 11 is 0. The number of halogens is 1. The molecule has 0 spiro atoms. The third kappa shape index (κ3) is 2.30. The number of hydrogen-bond acceptors (Lipinski definition) is 3. The van der Waals surface area contributed by atoms with Crippen LogP contribution in [0.4, 0.5) is 10.1 Å². The van der Waals surface area contributed by atoms with Crippen LogP contribution < -0.4 is 10.5 Å². The summed E-state index contributed by atoms with van der Waals surface area (Å²) in [6.45, 7) is 3.68. The van der Waals surface area contributed by atoms with E-state index < -0.39 is 11.4 Å². The van der Waals surface area contributed by atoms with Gasteiger partial charge >= 0.3 is 0 Å². The molecule has 0 atom stereocenters. The predicted octanol–water partition coefficient (Wildman–Crippen LogP) is 2.46. The summed E-state index contributed by atoms with van der Waals surface area (Å²) in [6.07, 6.45) is 3.50. The molecule has 0 aliphatic heterocycles. The first kappa shape index (κ1) is 12.4. The van der Waals surface area contributed by atoms with E-state index in [-0.39, 0.29) is 5.75 Å². The summed E-state index contributed by atoms with van der Waals surface area (Å²) < 4.78 is 21.2. The van der Waals surface area contributed by atoms with Crippen molar-refractivity contribution in [1.82, 2.24) is 9.55 Å². The number of imidazole rings is 1. The van der Waals surface area contributed by atoms with Crippen molar-refractivity contribution in [2.75, 3.05) is 5.73 Å². The van der Waals surface area contributed by atoms with Crippen LogP contribution >= 0.6 is 0 Å². The van der Waals surface area contributed by atoms with E-state index in [0.29, 0.717) is 5.69 Å². The first-order chi connectivity index (χ1) is 8.40. The molecule has 2 N–H and O–H groups in total. The minimum atomic E-state index is -0.727. The van der Waals surface area contributed by atoms with Crippen LogP contribution in [0.5, 0.6) is 5.75 Å². The molecular formula is C13H16FN3O. The summed E-state index contributed by atoms with van der Waals surface area (Å²) in [6, 6.07) is 4.37. The second-order valence-corrected chi connectivity index (χ2v) is 4.66. The average molecular weight is 249 g/mol. The van der Waals surface area contributed by atoms with E-state index in [9.17, 15) is 4.39 Å². The van der Waals surface area contributed by atoms with Gasteiger partial charge in [0.1, 0.15) is 0 Å². The van der Waals surface area contributed by atoms with Gasteiger partial charge in [0.25, 0.3) is 0 Å². The fourth-order valence-corrected chi connectivity index (χ4v) is 1.87. The number of aromatic nitrogens is 2. The molecule has 0 unspecified atom stereocenters. The molecule has 0 aliphatic rings. The van der Waals surface area contributed by atoms with Gasteiger partial charge in [0.15, 0.2) is 23.0 Å². The number of nitrogens with zero attached hydrogens (tertiary/aromatic N) is 2. The maximum Gasteiger partial charge on any atom is 0.167 e. The highest BCUT2D eigenvalue weighted by Crippen LogP contribution is 2.29. The number of aryl methyl sites for hydroxylation is 1. The third-order valence-corrected chi connectivity index (χ3v) is 2.68. The van der Waals surface area contributed by atoms with Gasteiger partial charge in [0, 0.05) is 31.2 Å². The van der Waals surface area contributed by atoms with Crippen molar-refractivity contribution < 1.29 is 9.13 Å². The van der Waals surface area contributed by atoms with E-state index in [1.807, 2.05) is 31.7 Å². The highest BCUT2D eigenvalue weighted by Gasteiger charge is 2.28. The van der Waals surface area contributed by atoms with Gasteiger partial charge < -0.3 is 15.0 Å². The fourth-order valence-electron chi connectivity index (χ4n) is 1.87. The van der Waals surface area contributed by atoms with Crippen molar-refractivity contribution in [3.05, 3.63) is 42.2 Å². The molecule has 0 saturated carbocycles. The van der Waals surface area contributed by atoms with Crippen molar-refractivity contribution in [2.24, 2.45) is 7.05 Å². The van der Waals surface area contributed by atoms with E-state index in [2.05, 4.69) is 4.98 Å². The maximum absolute atomic E-state index is 13.7. The van der Waals surface area contributed by atoms with Crippen LogP contribution in [0.3, 0.4) is 0 Å². The van der Waals surface area contributed by atoms with Crippen LogP contribution in [-0.2, 0) is 12.6 Å². The molecule has 1 aromatic heterocycles. The summed E-state index contributed by atoms with van der Waals surface area (Å²) in [5.41, 5.74) is 5.14. The number of ether oxygens (including phenoxy) is 1. The Hall–Kier alpha value is -2.04. The molecule has 1 aromatic carbocycles. The van der Waals surface area contributed by atoms with Gasteiger partial charge in [-0.15, -0.1) is 0 Å². The molecule has 0 amide bonds. The Bertz CT molecular complexity index is 563. The molecule has 1 heterocycles. The largest absolute Gasteiger partial charge is 0.477 e. The number of rotatable bonds is 3. The minimum absolute atomic E-state index is 0.164. The number of benzene rings is 1. The van der Waals surface area contributed by atoms with E-state index >= 15 is 0 Å². The van der Waals surface area contributed by atoms with E-state index in [4.69, 9.17) is 10.5 Å². The zero-order chi connectivity index (χ0) is 13.3. The summed E-state index contributed by atoms with van der Waals surface area (Å²) in [5, 5.41) is 0. The Morgan fingerprint density at radius 2 is 2.11 bits per heavy atom. The lowest BCUT2D eigenvalue weighted by Gasteiger charge is -2.26. The Labute approximate surface area is 105 Å². The molecule has 0 aliphatic carbocycles. The Morgan fingerprint density at radius 3 is 2.67 bits per heavy atom. The van der Waals surface area contributed by atoms with Crippen LogP contribution in [0.15, 0.2) is 30.6 Å². The normalized spacial score (nSPS) is 11.6. The number of hydrogen-bond donors (Lipinski definition) is 1. The van der Waals surface area contributed by atoms with Gasteiger partial charge in [-0.3, -0.25) is 0 Å². The van der Waals surface area contributed by atoms with Crippen molar-refractivity contribution in [1.29, 1.82) is 0 Å². The van der Waals surface area contributed by atoms with Gasteiger partial charge in [0.05, 0.1) is 0 Å². The topological polar surface area (TPSA) is 53.1 Å². The van der Waals surface area contributed by atoms with Crippen LogP contribution in [0.25, 0.3) is 0 Å².